The summed E-state index contributed by atoms with van der Waals surface area (Å²) in [5.74, 6) is -1.01. The molecule has 0 saturated heterocycles. The third-order valence-corrected chi connectivity index (χ3v) is 8.20. The van der Waals surface area contributed by atoms with Crippen molar-refractivity contribution in [3.8, 4) is 11.8 Å². The molecule has 0 aliphatic carbocycles. The Kier molecular flexibility index (Phi) is 16.1. The average Bonchev–Trinajstić information content (AvgIpc) is 3.10. The smallest absolute Gasteiger partial charge is 0.345 e. The fourth-order valence-electron chi connectivity index (χ4n) is 3.78. The average molecular weight is 754 g/mol. The number of aromatic nitrogens is 4. The molecule has 0 aliphatic heterocycles. The molecule has 0 amide bonds. The van der Waals surface area contributed by atoms with Gasteiger partial charge in [0, 0.05) is 22.5 Å². The molecule has 2 N–H and O–H groups in total. The van der Waals surface area contributed by atoms with Gasteiger partial charge in [-0.05, 0) is 54.5 Å². The number of hydrogen-bond acceptors (Lipinski definition) is 14. The highest BCUT2D eigenvalue weighted by atomic mass is 35.5. The highest BCUT2D eigenvalue weighted by molar-refractivity contribution is 7.98. The van der Waals surface area contributed by atoms with E-state index in [-0.39, 0.29) is 67.7 Å². The number of esters is 2. The van der Waals surface area contributed by atoms with Gasteiger partial charge >= 0.3 is 11.9 Å². The van der Waals surface area contributed by atoms with Crippen LogP contribution >= 0.6 is 35.0 Å². The lowest BCUT2D eigenvalue weighted by atomic mass is 10.1. The van der Waals surface area contributed by atoms with E-state index in [2.05, 4.69) is 19.9 Å². The monoisotopic (exact) mass is 752 g/mol. The molecule has 2 aromatic carbocycles. The van der Waals surface area contributed by atoms with Gasteiger partial charge in [0.2, 0.25) is 16.9 Å². The van der Waals surface area contributed by atoms with E-state index in [9.17, 15) is 13.8 Å². The first-order valence-electron chi connectivity index (χ1n) is 14.5. The molecule has 0 spiro atoms. The van der Waals surface area contributed by atoms with Gasteiger partial charge in [-0.2, -0.15) is 9.97 Å². The van der Waals surface area contributed by atoms with Gasteiger partial charge in [0.05, 0.1) is 43.4 Å². The maximum Gasteiger partial charge on any atom is 0.345 e. The second kappa shape index (κ2) is 20.0. The Balaban J connectivity index is 0.000000266. The van der Waals surface area contributed by atoms with Crippen molar-refractivity contribution in [1.29, 1.82) is 0 Å². The lowest BCUT2D eigenvalue weighted by Crippen LogP contribution is -2.12. The summed E-state index contributed by atoms with van der Waals surface area (Å²) in [5, 5.41) is 19.7. The predicted molar refractivity (Wildman–Crippen MR) is 184 cm³/mol. The molecule has 0 fully saturated rings. The second-order valence-corrected chi connectivity index (χ2v) is 12.4. The zero-order valence-corrected chi connectivity index (χ0v) is 30.1. The zero-order valence-electron chi connectivity index (χ0n) is 27.0. The van der Waals surface area contributed by atoms with Gasteiger partial charge in [0.15, 0.2) is 5.16 Å². The SMILES string of the molecule is CCOC(=O)c1cnc(S(C)=O)nc1OCc1ccc(CO)c(Cl)c1.CCOC(=O)c1cnc(SC)nc1OCc1ccc(CO)c(Cl)c1. The first kappa shape index (κ1) is 39.6. The third kappa shape index (κ3) is 11.6. The molecular weight excluding hydrogens is 719 g/mol. The molecule has 2 aromatic heterocycles. The van der Waals surface area contributed by atoms with Crippen molar-refractivity contribution in [2.24, 2.45) is 0 Å². The van der Waals surface area contributed by atoms with Gasteiger partial charge in [-0.15, -0.1) is 0 Å². The zero-order chi connectivity index (χ0) is 35.9. The molecular formula is C32H34Cl2N4O9S2. The first-order valence-corrected chi connectivity index (χ1v) is 18.1. The standard InChI is InChI=1S/C16H17ClN2O5S.C16H17ClN2O4S/c1-3-23-15(21)12-7-18-16(25(2)22)19-14(12)24-9-10-4-5-11(8-20)13(17)6-10;1-3-22-15(21)12-7-18-16(24-2)19-14(12)23-9-10-4-5-11(8-20)13(17)6-10/h4-7,20H,3,8-9H2,1-2H3;4-7,20H,3,8-9H2,1-2H3. The Morgan fingerprint density at radius 2 is 1.27 bits per heavy atom. The molecule has 17 heteroatoms. The predicted octanol–water partition coefficient (Wildman–Crippen LogP) is 5.22. The third-order valence-electron chi connectivity index (χ3n) is 6.22. The number of aliphatic hydroxyl groups excluding tert-OH is 2. The summed E-state index contributed by atoms with van der Waals surface area (Å²) < 4.78 is 32.8. The molecule has 1 unspecified atom stereocenters. The fourth-order valence-corrected chi connectivity index (χ4v) is 5.05. The van der Waals surface area contributed by atoms with Crippen LogP contribution in [-0.2, 0) is 46.7 Å². The van der Waals surface area contributed by atoms with E-state index in [1.54, 1.807) is 50.2 Å². The molecule has 2 heterocycles. The van der Waals surface area contributed by atoms with Crippen LogP contribution in [0.4, 0.5) is 0 Å². The molecule has 262 valence electrons. The van der Waals surface area contributed by atoms with Crippen LogP contribution in [0.1, 0.15) is 56.8 Å². The van der Waals surface area contributed by atoms with Crippen LogP contribution in [0.25, 0.3) is 0 Å². The van der Waals surface area contributed by atoms with Crippen molar-refractivity contribution in [1.82, 2.24) is 19.9 Å². The summed E-state index contributed by atoms with van der Waals surface area (Å²) in [6.07, 6.45) is 5.89. The summed E-state index contributed by atoms with van der Waals surface area (Å²) >= 11 is 13.5. The number of nitrogens with zero attached hydrogens (tertiary/aromatic N) is 4. The quantitative estimate of drug-likeness (QED) is 0.0973. The molecule has 0 aliphatic rings. The molecule has 0 radical (unpaired) electrons. The van der Waals surface area contributed by atoms with Gasteiger partial charge < -0.3 is 29.2 Å². The maximum absolute atomic E-state index is 12.0. The molecule has 49 heavy (non-hydrogen) atoms. The van der Waals surface area contributed by atoms with Crippen molar-refractivity contribution in [2.75, 3.05) is 25.7 Å². The number of hydrogen-bond donors (Lipinski definition) is 2. The highest BCUT2D eigenvalue weighted by Crippen LogP contribution is 2.24. The number of ether oxygens (including phenoxy) is 4. The highest BCUT2D eigenvalue weighted by Gasteiger charge is 2.20. The summed E-state index contributed by atoms with van der Waals surface area (Å²) in [4.78, 5) is 40.2. The number of aliphatic hydroxyl groups is 2. The number of halogens is 2. The Labute approximate surface area is 299 Å². The normalized spacial score (nSPS) is 11.2. The van der Waals surface area contributed by atoms with E-state index in [0.717, 1.165) is 11.1 Å². The fraction of sp³-hybridized carbons (Fsp3) is 0.312. The molecule has 0 bridgehead atoms. The molecule has 13 nitrogen and oxygen atoms in total. The van der Waals surface area contributed by atoms with E-state index >= 15 is 0 Å². The van der Waals surface area contributed by atoms with Crippen molar-refractivity contribution in [3.63, 3.8) is 0 Å². The lowest BCUT2D eigenvalue weighted by Gasteiger charge is -2.11. The van der Waals surface area contributed by atoms with E-state index in [1.807, 2.05) is 6.26 Å². The molecule has 1 atom stereocenters. The Morgan fingerprint density at radius 1 is 0.796 bits per heavy atom. The number of benzene rings is 2. The van der Waals surface area contributed by atoms with Crippen LogP contribution < -0.4 is 9.47 Å². The second-order valence-electron chi connectivity index (χ2n) is 9.59. The van der Waals surface area contributed by atoms with Crippen LogP contribution in [0.15, 0.2) is 59.1 Å². The number of rotatable bonds is 14. The molecule has 4 aromatic rings. The van der Waals surface area contributed by atoms with Crippen molar-refractivity contribution >= 4 is 57.7 Å². The van der Waals surface area contributed by atoms with Crippen molar-refractivity contribution < 1.29 is 43.0 Å². The summed E-state index contributed by atoms with van der Waals surface area (Å²) in [6.45, 7) is 3.80. The Hall–Kier alpha value is -3.86. The van der Waals surface area contributed by atoms with Gasteiger partial charge in [-0.3, -0.25) is 4.21 Å². The van der Waals surface area contributed by atoms with E-state index < -0.39 is 22.7 Å². The van der Waals surface area contributed by atoms with Crippen LogP contribution in [0.5, 0.6) is 11.8 Å². The number of thioether (sulfide) groups is 1. The lowest BCUT2D eigenvalue weighted by molar-refractivity contribution is 0.0509. The summed E-state index contributed by atoms with van der Waals surface area (Å²) in [6, 6.07) is 10.3. The van der Waals surface area contributed by atoms with Crippen LogP contribution in [0.2, 0.25) is 10.0 Å². The van der Waals surface area contributed by atoms with E-state index in [1.165, 1.54) is 30.4 Å². The van der Waals surface area contributed by atoms with E-state index in [0.29, 0.717) is 26.3 Å². The van der Waals surface area contributed by atoms with Crippen molar-refractivity contribution in [3.05, 3.63) is 92.2 Å². The minimum atomic E-state index is -1.42. The first-order chi connectivity index (χ1) is 23.5. The van der Waals surface area contributed by atoms with Crippen LogP contribution in [-0.4, -0.2) is 72.0 Å². The van der Waals surface area contributed by atoms with Gasteiger partial charge in [0.25, 0.3) is 0 Å². The summed E-state index contributed by atoms with van der Waals surface area (Å²) in [5.41, 5.74) is 2.97. The van der Waals surface area contributed by atoms with Gasteiger partial charge in [-0.25, -0.2) is 19.6 Å². The Morgan fingerprint density at radius 3 is 1.67 bits per heavy atom. The topological polar surface area (TPSA) is 180 Å². The molecule has 0 saturated carbocycles. The van der Waals surface area contributed by atoms with Crippen molar-refractivity contribution in [2.45, 2.75) is 50.6 Å². The number of carbonyl (C=O) groups is 2. The van der Waals surface area contributed by atoms with Crippen LogP contribution in [0.3, 0.4) is 0 Å². The van der Waals surface area contributed by atoms with Crippen LogP contribution in [0, 0.1) is 0 Å². The van der Waals surface area contributed by atoms with Gasteiger partial charge in [0.1, 0.15) is 24.3 Å². The van der Waals surface area contributed by atoms with Gasteiger partial charge in [-0.1, -0.05) is 59.2 Å². The van der Waals surface area contributed by atoms with E-state index in [4.69, 9.17) is 52.4 Å². The Bertz CT molecular complexity index is 1780. The largest absolute Gasteiger partial charge is 0.472 e. The molecule has 4 rings (SSSR count). The minimum Gasteiger partial charge on any atom is -0.472 e. The number of carbonyl (C=O) groups excluding carboxylic acids is 2. The minimum absolute atomic E-state index is 0.0130. The summed E-state index contributed by atoms with van der Waals surface area (Å²) in [7, 11) is -1.42. The maximum atomic E-state index is 12.0.